The number of benzene rings is 1. The molecule has 0 spiro atoms. The van der Waals surface area contributed by atoms with Crippen molar-refractivity contribution in [1.82, 2.24) is 9.21 Å². The molecule has 2 aliphatic heterocycles. The lowest BCUT2D eigenvalue weighted by atomic mass is 10.1. The van der Waals surface area contributed by atoms with Gasteiger partial charge in [-0.1, -0.05) is 6.07 Å². The third-order valence-corrected chi connectivity index (χ3v) is 6.63. The average Bonchev–Trinajstić information content (AvgIpc) is 3.09. The third-order valence-electron chi connectivity index (χ3n) is 4.74. The molecule has 2 aliphatic rings. The van der Waals surface area contributed by atoms with Crippen LogP contribution in [0.25, 0.3) is 0 Å². The van der Waals surface area contributed by atoms with Crippen LogP contribution in [0, 0.1) is 0 Å². The molecule has 2 heterocycles. The molecule has 1 amide bonds. The number of carboxylic acid groups (broad SMARTS) is 1. The Labute approximate surface area is 152 Å². The van der Waals surface area contributed by atoms with Crippen LogP contribution >= 0.6 is 0 Å². The number of ether oxygens (including phenoxy) is 1. The molecule has 26 heavy (non-hydrogen) atoms. The zero-order valence-electron chi connectivity index (χ0n) is 14.3. The van der Waals surface area contributed by atoms with Crippen LogP contribution in [0.1, 0.15) is 29.6 Å². The lowest BCUT2D eigenvalue weighted by Gasteiger charge is -2.26. The van der Waals surface area contributed by atoms with Gasteiger partial charge in [-0.3, -0.25) is 9.59 Å². The summed E-state index contributed by atoms with van der Waals surface area (Å²) in [4.78, 5) is 25.4. The molecule has 8 nitrogen and oxygen atoms in total. The predicted octanol–water partition coefficient (Wildman–Crippen LogP) is 0.787. The molecular weight excluding hydrogens is 360 g/mol. The number of carbonyl (C=O) groups excluding carboxylic acids is 1. The quantitative estimate of drug-likeness (QED) is 0.807. The number of carboxylic acids is 1. The molecule has 1 aromatic carbocycles. The van der Waals surface area contributed by atoms with Crippen molar-refractivity contribution in [1.29, 1.82) is 0 Å². The SMILES string of the molecule is O=C(O)CC1CCCN1C(=O)c1cccc(S(=O)(=O)N2CCOCC2)c1. The van der Waals surface area contributed by atoms with Gasteiger partial charge in [-0.05, 0) is 31.0 Å². The topological polar surface area (TPSA) is 104 Å². The van der Waals surface area contributed by atoms with Gasteiger partial charge in [-0.15, -0.1) is 0 Å². The fourth-order valence-electron chi connectivity index (χ4n) is 3.41. The van der Waals surface area contributed by atoms with Crippen molar-refractivity contribution in [3.8, 4) is 0 Å². The van der Waals surface area contributed by atoms with E-state index in [9.17, 15) is 18.0 Å². The first-order valence-corrected chi connectivity index (χ1v) is 10.0. The Morgan fingerprint density at radius 3 is 2.62 bits per heavy atom. The minimum absolute atomic E-state index is 0.0687. The monoisotopic (exact) mass is 382 g/mol. The van der Waals surface area contributed by atoms with Gasteiger partial charge in [0.25, 0.3) is 5.91 Å². The van der Waals surface area contributed by atoms with Crippen molar-refractivity contribution < 1.29 is 27.9 Å². The summed E-state index contributed by atoms with van der Waals surface area (Å²) >= 11 is 0. The smallest absolute Gasteiger partial charge is 0.305 e. The number of hydrogen-bond acceptors (Lipinski definition) is 5. The van der Waals surface area contributed by atoms with Crippen molar-refractivity contribution in [2.75, 3.05) is 32.8 Å². The average molecular weight is 382 g/mol. The van der Waals surface area contributed by atoms with Gasteiger partial charge >= 0.3 is 5.97 Å². The summed E-state index contributed by atoms with van der Waals surface area (Å²) in [5, 5.41) is 9.01. The number of sulfonamides is 1. The maximum absolute atomic E-state index is 12.8. The highest BCUT2D eigenvalue weighted by atomic mass is 32.2. The fraction of sp³-hybridized carbons (Fsp3) is 0.529. The molecule has 3 rings (SSSR count). The van der Waals surface area contributed by atoms with Crippen molar-refractivity contribution >= 4 is 21.9 Å². The van der Waals surface area contributed by atoms with Crippen LogP contribution in [-0.4, -0.2) is 73.5 Å². The molecule has 1 atom stereocenters. The number of morpholine rings is 1. The van der Waals surface area contributed by atoms with Gasteiger partial charge in [0, 0.05) is 31.2 Å². The molecule has 0 saturated carbocycles. The molecule has 1 N–H and O–H groups in total. The van der Waals surface area contributed by atoms with E-state index in [1.165, 1.54) is 21.3 Å². The van der Waals surface area contributed by atoms with Crippen molar-refractivity contribution in [3.63, 3.8) is 0 Å². The van der Waals surface area contributed by atoms with Gasteiger partial charge in [0.05, 0.1) is 24.5 Å². The van der Waals surface area contributed by atoms with E-state index in [4.69, 9.17) is 9.84 Å². The standard InChI is InChI=1S/C17H22N2O6S/c20-16(21)12-14-4-2-6-19(14)17(22)13-3-1-5-15(11-13)26(23,24)18-7-9-25-10-8-18/h1,3,5,11,14H,2,4,6-10,12H2,(H,20,21). The van der Waals surface area contributed by atoms with Crippen molar-refractivity contribution in [2.45, 2.75) is 30.2 Å². The number of carbonyl (C=O) groups is 2. The molecule has 1 aromatic rings. The van der Waals surface area contributed by atoms with E-state index in [0.717, 1.165) is 6.42 Å². The number of amides is 1. The maximum atomic E-state index is 12.8. The number of rotatable bonds is 5. The Balaban J connectivity index is 1.82. The van der Waals surface area contributed by atoms with E-state index in [2.05, 4.69) is 0 Å². The Morgan fingerprint density at radius 2 is 1.92 bits per heavy atom. The molecule has 0 bridgehead atoms. The van der Waals surface area contributed by atoms with E-state index in [-0.39, 0.29) is 41.9 Å². The van der Waals surface area contributed by atoms with Gasteiger partial charge in [0.15, 0.2) is 0 Å². The molecule has 1 unspecified atom stereocenters. The lowest BCUT2D eigenvalue weighted by Crippen LogP contribution is -2.40. The van der Waals surface area contributed by atoms with Crippen LogP contribution in [0.3, 0.4) is 0 Å². The summed E-state index contributed by atoms with van der Waals surface area (Å²) in [6.45, 7) is 1.75. The van der Waals surface area contributed by atoms with E-state index in [1.54, 1.807) is 12.1 Å². The zero-order valence-corrected chi connectivity index (χ0v) is 15.2. The van der Waals surface area contributed by atoms with Gasteiger partial charge in [-0.2, -0.15) is 4.31 Å². The lowest BCUT2D eigenvalue weighted by molar-refractivity contribution is -0.137. The van der Waals surface area contributed by atoms with Crippen LogP contribution in [0.5, 0.6) is 0 Å². The Bertz CT molecular complexity index is 788. The normalized spacial score (nSPS) is 21.7. The molecule has 0 aromatic heterocycles. The Morgan fingerprint density at radius 1 is 1.19 bits per heavy atom. The van der Waals surface area contributed by atoms with Crippen molar-refractivity contribution in [3.05, 3.63) is 29.8 Å². The summed E-state index contributed by atoms with van der Waals surface area (Å²) in [6.07, 6.45) is 1.29. The molecule has 0 aliphatic carbocycles. The van der Waals surface area contributed by atoms with Crippen LogP contribution in [-0.2, 0) is 19.6 Å². The van der Waals surface area contributed by atoms with Gasteiger partial charge in [0.1, 0.15) is 0 Å². The van der Waals surface area contributed by atoms with Gasteiger partial charge in [-0.25, -0.2) is 8.42 Å². The number of hydrogen-bond donors (Lipinski definition) is 1. The van der Waals surface area contributed by atoms with Crippen LogP contribution in [0.4, 0.5) is 0 Å². The van der Waals surface area contributed by atoms with E-state index < -0.39 is 16.0 Å². The van der Waals surface area contributed by atoms with Crippen LogP contribution in [0.2, 0.25) is 0 Å². The van der Waals surface area contributed by atoms with Crippen molar-refractivity contribution in [2.24, 2.45) is 0 Å². The number of nitrogens with zero attached hydrogens (tertiary/aromatic N) is 2. The molecule has 0 radical (unpaired) electrons. The van der Waals surface area contributed by atoms with E-state index in [0.29, 0.717) is 26.2 Å². The van der Waals surface area contributed by atoms with Gasteiger partial charge < -0.3 is 14.7 Å². The minimum Gasteiger partial charge on any atom is -0.481 e. The van der Waals surface area contributed by atoms with Crippen LogP contribution < -0.4 is 0 Å². The summed E-state index contributed by atoms with van der Waals surface area (Å²) in [6, 6.07) is 5.61. The fourth-order valence-corrected chi connectivity index (χ4v) is 4.86. The zero-order chi connectivity index (χ0) is 18.7. The largest absolute Gasteiger partial charge is 0.481 e. The number of likely N-dealkylation sites (tertiary alicyclic amines) is 1. The maximum Gasteiger partial charge on any atom is 0.305 e. The molecule has 142 valence electrons. The van der Waals surface area contributed by atoms with Crippen LogP contribution in [0.15, 0.2) is 29.2 Å². The highest BCUT2D eigenvalue weighted by Gasteiger charge is 2.32. The summed E-state index contributed by atoms with van der Waals surface area (Å²) in [5.41, 5.74) is 0.261. The summed E-state index contributed by atoms with van der Waals surface area (Å²) < 4.78 is 32.1. The minimum atomic E-state index is -3.69. The first-order chi connectivity index (χ1) is 12.4. The second-order valence-corrected chi connectivity index (χ2v) is 8.37. The third kappa shape index (κ3) is 3.89. The van der Waals surface area contributed by atoms with E-state index >= 15 is 0 Å². The predicted molar refractivity (Wildman–Crippen MR) is 92.3 cm³/mol. The second kappa shape index (κ2) is 7.73. The summed E-state index contributed by atoms with van der Waals surface area (Å²) in [5.74, 6) is -1.27. The molecule has 2 saturated heterocycles. The number of aliphatic carboxylic acids is 1. The molecule has 9 heteroatoms. The van der Waals surface area contributed by atoms with E-state index in [1.807, 2.05) is 0 Å². The van der Waals surface area contributed by atoms with Gasteiger partial charge in [0.2, 0.25) is 10.0 Å². The Hall–Kier alpha value is -1.97. The Kier molecular flexibility index (Phi) is 5.59. The first-order valence-electron chi connectivity index (χ1n) is 8.60. The molecule has 2 fully saturated rings. The first kappa shape index (κ1) is 18.8. The molecular formula is C17H22N2O6S. The highest BCUT2D eigenvalue weighted by Crippen LogP contribution is 2.24. The second-order valence-electron chi connectivity index (χ2n) is 6.44. The highest BCUT2D eigenvalue weighted by molar-refractivity contribution is 7.89. The summed E-state index contributed by atoms with van der Waals surface area (Å²) in [7, 11) is -3.69.